The van der Waals surface area contributed by atoms with Gasteiger partial charge in [0.05, 0.1) is 18.1 Å². The average Bonchev–Trinajstić information content (AvgIpc) is 2.61. The summed E-state index contributed by atoms with van der Waals surface area (Å²) in [6.07, 6.45) is 0.428. The molecule has 0 aliphatic carbocycles. The number of anilines is 1. The van der Waals surface area contributed by atoms with Crippen LogP contribution in [0.3, 0.4) is 0 Å². The van der Waals surface area contributed by atoms with Crippen LogP contribution >= 0.6 is 0 Å². The predicted octanol–water partition coefficient (Wildman–Crippen LogP) is 2.56. The van der Waals surface area contributed by atoms with Gasteiger partial charge in [0, 0.05) is 24.9 Å². The van der Waals surface area contributed by atoms with Gasteiger partial charge in [-0.25, -0.2) is 8.42 Å². The highest BCUT2D eigenvalue weighted by Gasteiger charge is 2.11. The number of nitrogens with zero attached hydrogens (tertiary/aromatic N) is 1. The molecule has 0 heterocycles. The first-order valence-electron chi connectivity index (χ1n) is 8.38. The van der Waals surface area contributed by atoms with Crippen LogP contribution in [0.15, 0.2) is 59.6 Å². The molecule has 0 radical (unpaired) electrons. The minimum Gasteiger partial charge on any atom is -0.380 e. The predicted molar refractivity (Wildman–Crippen MR) is 106 cm³/mol. The van der Waals surface area contributed by atoms with Gasteiger partial charge in [-0.3, -0.25) is 4.99 Å². The number of nitrogens with two attached hydrogens (primary N) is 1. The van der Waals surface area contributed by atoms with E-state index in [0.29, 0.717) is 19.6 Å². The van der Waals surface area contributed by atoms with Crippen LogP contribution in [0.1, 0.15) is 17.5 Å². The van der Waals surface area contributed by atoms with Crippen LogP contribution in [0, 0.1) is 0 Å². The summed E-state index contributed by atoms with van der Waals surface area (Å²) in [6, 6.07) is 16.8. The van der Waals surface area contributed by atoms with Gasteiger partial charge in [0.1, 0.15) is 0 Å². The van der Waals surface area contributed by atoms with Crippen molar-refractivity contribution in [1.29, 1.82) is 0 Å². The van der Waals surface area contributed by atoms with Crippen molar-refractivity contribution >= 4 is 21.5 Å². The van der Waals surface area contributed by atoms with Crippen molar-refractivity contribution in [3.8, 4) is 0 Å². The number of methoxy groups -OCH3 is 1. The number of aliphatic imine (C=N–C) groups is 1. The summed E-state index contributed by atoms with van der Waals surface area (Å²) < 4.78 is 29.4. The van der Waals surface area contributed by atoms with Crippen molar-refractivity contribution in [2.75, 3.05) is 24.7 Å². The van der Waals surface area contributed by atoms with Gasteiger partial charge in [0.2, 0.25) is 0 Å². The van der Waals surface area contributed by atoms with Crippen molar-refractivity contribution < 1.29 is 13.2 Å². The molecule has 0 saturated heterocycles. The molecule has 2 rings (SSSR count). The fraction of sp³-hybridized carbons (Fsp3) is 0.316. The average molecular weight is 375 g/mol. The highest BCUT2D eigenvalue weighted by molar-refractivity contribution is 7.90. The molecule has 3 N–H and O–H groups in total. The van der Waals surface area contributed by atoms with E-state index in [1.807, 2.05) is 54.6 Å². The van der Waals surface area contributed by atoms with E-state index in [0.717, 1.165) is 16.8 Å². The zero-order chi connectivity index (χ0) is 18.8. The summed E-state index contributed by atoms with van der Waals surface area (Å²) in [4.78, 5) is 4.21. The molecular weight excluding hydrogens is 350 g/mol. The first-order chi connectivity index (χ1) is 12.5. The van der Waals surface area contributed by atoms with E-state index in [1.165, 1.54) is 0 Å². The number of hydrogen-bond acceptors (Lipinski definition) is 4. The lowest BCUT2D eigenvalue weighted by Gasteiger charge is -2.10. The highest BCUT2D eigenvalue weighted by atomic mass is 32.2. The Balaban J connectivity index is 1.82. The molecule has 2 aromatic carbocycles. The van der Waals surface area contributed by atoms with Gasteiger partial charge < -0.3 is 15.8 Å². The lowest BCUT2D eigenvalue weighted by Crippen LogP contribution is -2.24. The SMILES string of the molecule is COCc1ccccc1NC(N)=NCCCS(=O)(=O)Cc1ccccc1. The second-order valence-electron chi connectivity index (χ2n) is 5.91. The lowest BCUT2D eigenvalue weighted by molar-refractivity contribution is 0.185. The number of guanidine groups is 1. The smallest absolute Gasteiger partial charge is 0.193 e. The van der Waals surface area contributed by atoms with Crippen LogP contribution < -0.4 is 11.1 Å². The quantitative estimate of drug-likeness (QED) is 0.399. The van der Waals surface area contributed by atoms with Crippen molar-refractivity contribution in [3.63, 3.8) is 0 Å². The van der Waals surface area contributed by atoms with E-state index in [2.05, 4.69) is 10.3 Å². The Hall–Kier alpha value is -2.38. The van der Waals surface area contributed by atoms with Gasteiger partial charge in [0.15, 0.2) is 15.8 Å². The zero-order valence-corrected chi connectivity index (χ0v) is 15.7. The Morgan fingerprint density at radius 2 is 1.81 bits per heavy atom. The van der Waals surface area contributed by atoms with Gasteiger partial charge in [0.25, 0.3) is 0 Å². The van der Waals surface area contributed by atoms with Gasteiger partial charge in [-0.2, -0.15) is 0 Å². The topological polar surface area (TPSA) is 93.8 Å². The Kier molecular flexibility index (Phi) is 7.62. The van der Waals surface area contributed by atoms with Gasteiger partial charge >= 0.3 is 0 Å². The van der Waals surface area contributed by atoms with Crippen LogP contribution in [0.5, 0.6) is 0 Å². The molecule has 0 fully saturated rings. The standard InChI is InChI=1S/C19H25N3O3S/c1-25-14-17-10-5-6-11-18(17)22-19(20)21-12-7-13-26(23,24)15-16-8-3-2-4-9-16/h2-6,8-11H,7,12-15H2,1H3,(H3,20,21,22). The summed E-state index contributed by atoms with van der Waals surface area (Å²) in [6.45, 7) is 0.813. The molecule has 7 heteroatoms. The molecule has 26 heavy (non-hydrogen) atoms. The molecule has 0 aliphatic heterocycles. The zero-order valence-electron chi connectivity index (χ0n) is 14.9. The molecule has 0 bridgehead atoms. The maximum absolute atomic E-state index is 12.1. The van der Waals surface area contributed by atoms with E-state index in [9.17, 15) is 8.42 Å². The first kappa shape index (κ1) is 19.9. The van der Waals surface area contributed by atoms with Crippen molar-refractivity contribution in [2.24, 2.45) is 10.7 Å². The maximum Gasteiger partial charge on any atom is 0.193 e. The highest BCUT2D eigenvalue weighted by Crippen LogP contribution is 2.15. The Morgan fingerprint density at radius 3 is 2.54 bits per heavy atom. The molecule has 0 unspecified atom stereocenters. The third kappa shape index (κ3) is 6.85. The number of ether oxygens (including phenoxy) is 1. The van der Waals surface area contributed by atoms with E-state index < -0.39 is 9.84 Å². The number of benzene rings is 2. The van der Waals surface area contributed by atoms with Crippen molar-refractivity contribution in [1.82, 2.24) is 0 Å². The third-order valence-electron chi connectivity index (χ3n) is 3.70. The van der Waals surface area contributed by atoms with E-state index >= 15 is 0 Å². The Labute approximate surface area is 155 Å². The second kappa shape index (κ2) is 9.94. The monoisotopic (exact) mass is 375 g/mol. The molecule has 0 aromatic heterocycles. The molecule has 6 nitrogen and oxygen atoms in total. The fourth-order valence-corrected chi connectivity index (χ4v) is 3.90. The summed E-state index contributed by atoms with van der Waals surface area (Å²) in [5, 5.41) is 3.03. The molecule has 0 amide bonds. The molecule has 0 atom stereocenters. The van der Waals surface area contributed by atoms with Crippen molar-refractivity contribution in [2.45, 2.75) is 18.8 Å². The van der Waals surface area contributed by atoms with Crippen molar-refractivity contribution in [3.05, 3.63) is 65.7 Å². The Bertz CT molecular complexity index is 821. The molecule has 0 spiro atoms. The number of para-hydroxylation sites is 1. The third-order valence-corrected chi connectivity index (χ3v) is 5.39. The van der Waals surface area contributed by atoms with Crippen LogP contribution in [0.25, 0.3) is 0 Å². The number of nitrogens with one attached hydrogen (secondary N) is 1. The molecular formula is C19H25N3O3S. The van der Waals surface area contributed by atoms with Crippen LogP contribution in [0.4, 0.5) is 5.69 Å². The number of hydrogen-bond donors (Lipinski definition) is 2. The van der Waals surface area contributed by atoms with Gasteiger partial charge in [-0.15, -0.1) is 0 Å². The fourth-order valence-electron chi connectivity index (χ4n) is 2.49. The van der Waals surface area contributed by atoms with Crippen LogP contribution in [-0.4, -0.2) is 33.8 Å². The molecule has 0 aliphatic rings. The molecule has 2 aromatic rings. The molecule has 140 valence electrons. The molecule has 0 saturated carbocycles. The summed E-state index contributed by atoms with van der Waals surface area (Å²) in [5.74, 6) is 0.392. The normalized spacial score (nSPS) is 12.1. The van der Waals surface area contributed by atoms with E-state index in [1.54, 1.807) is 7.11 Å². The van der Waals surface area contributed by atoms with E-state index in [-0.39, 0.29) is 17.5 Å². The minimum absolute atomic E-state index is 0.0513. The first-order valence-corrected chi connectivity index (χ1v) is 10.2. The Morgan fingerprint density at radius 1 is 1.12 bits per heavy atom. The summed E-state index contributed by atoms with van der Waals surface area (Å²) >= 11 is 0. The number of rotatable bonds is 9. The van der Waals surface area contributed by atoms with E-state index in [4.69, 9.17) is 10.5 Å². The summed E-state index contributed by atoms with van der Waals surface area (Å²) in [7, 11) is -1.52. The summed E-state index contributed by atoms with van der Waals surface area (Å²) in [5.41, 5.74) is 8.49. The van der Waals surface area contributed by atoms with Crippen LogP contribution in [0.2, 0.25) is 0 Å². The lowest BCUT2D eigenvalue weighted by atomic mass is 10.2. The van der Waals surface area contributed by atoms with Gasteiger partial charge in [-0.05, 0) is 18.1 Å². The second-order valence-corrected chi connectivity index (χ2v) is 8.10. The minimum atomic E-state index is -3.15. The van der Waals surface area contributed by atoms with Crippen LogP contribution in [-0.2, 0) is 26.9 Å². The maximum atomic E-state index is 12.1. The van der Waals surface area contributed by atoms with Gasteiger partial charge in [-0.1, -0.05) is 48.5 Å². The largest absolute Gasteiger partial charge is 0.380 e. The number of sulfone groups is 1.